The highest BCUT2D eigenvalue weighted by Crippen LogP contribution is 2.37. The molecule has 3 rings (SSSR count). The Morgan fingerprint density at radius 1 is 1.26 bits per heavy atom. The molecule has 1 aliphatic carbocycles. The third kappa shape index (κ3) is 3.14. The summed E-state index contributed by atoms with van der Waals surface area (Å²) in [5.74, 6) is 1.21. The number of amidine groups is 1. The molecule has 19 heavy (non-hydrogen) atoms. The first kappa shape index (κ1) is 13.0. The molecule has 1 N–H and O–H groups in total. The summed E-state index contributed by atoms with van der Waals surface area (Å²) >= 11 is 1.92. The van der Waals surface area contributed by atoms with E-state index in [1.54, 1.807) is 0 Å². The molecule has 1 atom stereocenters. The zero-order chi connectivity index (χ0) is 13.1. The van der Waals surface area contributed by atoms with Crippen molar-refractivity contribution in [1.29, 1.82) is 0 Å². The van der Waals surface area contributed by atoms with E-state index in [2.05, 4.69) is 42.6 Å². The van der Waals surface area contributed by atoms with Gasteiger partial charge in [-0.15, -0.1) is 0 Å². The van der Waals surface area contributed by atoms with Crippen molar-refractivity contribution in [3.63, 3.8) is 0 Å². The lowest BCUT2D eigenvalue weighted by Gasteiger charge is -2.22. The van der Waals surface area contributed by atoms with E-state index in [9.17, 15) is 0 Å². The fourth-order valence-corrected chi connectivity index (χ4v) is 4.41. The summed E-state index contributed by atoms with van der Waals surface area (Å²) in [6, 6.07) is 11.0. The second-order valence-electron chi connectivity index (χ2n) is 5.87. The molecule has 1 aromatic rings. The number of benzene rings is 1. The lowest BCUT2D eigenvalue weighted by atomic mass is 10.0. The summed E-state index contributed by atoms with van der Waals surface area (Å²) in [6.07, 6.45) is 6.43. The molecule has 3 heteroatoms. The van der Waals surface area contributed by atoms with Crippen LogP contribution >= 0.6 is 11.8 Å². The van der Waals surface area contributed by atoms with Gasteiger partial charge in [-0.2, -0.15) is 0 Å². The van der Waals surface area contributed by atoms with Crippen LogP contribution < -0.4 is 5.32 Å². The van der Waals surface area contributed by atoms with Gasteiger partial charge < -0.3 is 5.32 Å². The van der Waals surface area contributed by atoms with Gasteiger partial charge in [0, 0.05) is 11.3 Å². The van der Waals surface area contributed by atoms with Crippen LogP contribution in [0.15, 0.2) is 35.3 Å². The number of nitrogens with one attached hydrogen (secondary N) is 1. The quantitative estimate of drug-likeness (QED) is 0.910. The smallest absolute Gasteiger partial charge is 0.157 e. The van der Waals surface area contributed by atoms with Gasteiger partial charge in [-0.25, -0.2) is 0 Å². The van der Waals surface area contributed by atoms with E-state index in [1.807, 2.05) is 11.8 Å². The topological polar surface area (TPSA) is 24.4 Å². The van der Waals surface area contributed by atoms with Crippen molar-refractivity contribution in [3.05, 3.63) is 35.9 Å². The predicted octanol–water partition coefficient (Wildman–Crippen LogP) is 3.62. The molecule has 1 heterocycles. The fraction of sp³-hybridized carbons (Fsp3) is 0.562. The van der Waals surface area contributed by atoms with Crippen molar-refractivity contribution in [3.8, 4) is 0 Å². The SMILES string of the molecule is CC(Cc1ccccc1)N=C1NC2(CCCC2)CS1. The summed E-state index contributed by atoms with van der Waals surface area (Å²) in [5, 5.41) is 4.87. The van der Waals surface area contributed by atoms with E-state index in [0.29, 0.717) is 11.6 Å². The van der Waals surface area contributed by atoms with E-state index in [-0.39, 0.29) is 0 Å². The van der Waals surface area contributed by atoms with Crippen LogP contribution in [0.2, 0.25) is 0 Å². The molecule has 2 aliphatic rings. The zero-order valence-corrected chi connectivity index (χ0v) is 12.4. The summed E-state index contributed by atoms with van der Waals surface area (Å²) in [7, 11) is 0. The van der Waals surface area contributed by atoms with Crippen LogP contribution in [0.1, 0.15) is 38.2 Å². The van der Waals surface area contributed by atoms with Crippen LogP contribution in [0.25, 0.3) is 0 Å². The molecule has 102 valence electrons. The molecule has 0 amide bonds. The molecular formula is C16H22N2S. The van der Waals surface area contributed by atoms with Crippen LogP contribution in [-0.4, -0.2) is 22.5 Å². The van der Waals surface area contributed by atoms with Crippen LogP contribution in [0.4, 0.5) is 0 Å². The molecule has 2 fully saturated rings. The molecule has 1 spiro atoms. The Labute approximate surface area is 120 Å². The maximum atomic E-state index is 4.86. The van der Waals surface area contributed by atoms with Crippen molar-refractivity contribution >= 4 is 16.9 Å². The Bertz CT molecular complexity index is 449. The summed E-state index contributed by atoms with van der Waals surface area (Å²) in [4.78, 5) is 4.86. The number of hydrogen-bond donors (Lipinski definition) is 1. The Morgan fingerprint density at radius 3 is 2.74 bits per heavy atom. The first-order valence-electron chi connectivity index (χ1n) is 7.29. The van der Waals surface area contributed by atoms with E-state index in [0.717, 1.165) is 6.42 Å². The van der Waals surface area contributed by atoms with Crippen molar-refractivity contribution in [1.82, 2.24) is 5.32 Å². The molecule has 0 radical (unpaired) electrons. The van der Waals surface area contributed by atoms with Crippen LogP contribution in [-0.2, 0) is 6.42 Å². The largest absolute Gasteiger partial charge is 0.359 e. The number of hydrogen-bond acceptors (Lipinski definition) is 2. The predicted molar refractivity (Wildman–Crippen MR) is 83.8 cm³/mol. The first-order valence-corrected chi connectivity index (χ1v) is 8.27. The molecule has 1 unspecified atom stereocenters. The van der Waals surface area contributed by atoms with Crippen molar-refractivity contribution in [2.45, 2.75) is 50.6 Å². The maximum absolute atomic E-state index is 4.86. The van der Waals surface area contributed by atoms with Gasteiger partial charge in [0.15, 0.2) is 5.17 Å². The molecule has 1 saturated heterocycles. The van der Waals surface area contributed by atoms with Crippen molar-refractivity contribution in [2.75, 3.05) is 5.75 Å². The molecule has 1 saturated carbocycles. The van der Waals surface area contributed by atoms with Gasteiger partial charge in [0.2, 0.25) is 0 Å². The average molecular weight is 274 g/mol. The van der Waals surface area contributed by atoms with Gasteiger partial charge in [-0.05, 0) is 31.7 Å². The standard InChI is InChI=1S/C16H22N2S/c1-13(11-14-7-3-2-4-8-14)17-15-18-16(12-19-15)9-5-6-10-16/h2-4,7-8,13H,5-6,9-12H2,1H3,(H,17,18). The normalized spacial score (nSPS) is 24.8. The number of thioether (sulfide) groups is 1. The highest BCUT2D eigenvalue weighted by atomic mass is 32.2. The van der Waals surface area contributed by atoms with E-state index >= 15 is 0 Å². The molecule has 0 aromatic heterocycles. The van der Waals surface area contributed by atoms with Crippen LogP contribution in [0.3, 0.4) is 0 Å². The fourth-order valence-electron chi connectivity index (χ4n) is 3.10. The van der Waals surface area contributed by atoms with Gasteiger partial charge >= 0.3 is 0 Å². The van der Waals surface area contributed by atoms with Gasteiger partial charge in [-0.1, -0.05) is 54.9 Å². The molecular weight excluding hydrogens is 252 g/mol. The average Bonchev–Trinajstić information content (AvgIpc) is 3.02. The minimum absolute atomic E-state index is 0.356. The van der Waals surface area contributed by atoms with Crippen molar-refractivity contribution in [2.24, 2.45) is 4.99 Å². The lowest BCUT2D eigenvalue weighted by molar-refractivity contribution is 0.452. The minimum Gasteiger partial charge on any atom is -0.359 e. The van der Waals surface area contributed by atoms with Gasteiger partial charge in [-0.3, -0.25) is 4.99 Å². The molecule has 1 aromatic carbocycles. The number of nitrogens with zero attached hydrogens (tertiary/aromatic N) is 1. The summed E-state index contributed by atoms with van der Waals surface area (Å²) in [6.45, 7) is 2.21. The Morgan fingerprint density at radius 2 is 2.00 bits per heavy atom. The van der Waals surface area contributed by atoms with E-state index < -0.39 is 0 Å². The third-order valence-electron chi connectivity index (χ3n) is 4.13. The molecule has 0 bridgehead atoms. The first-order chi connectivity index (χ1) is 9.26. The van der Waals surface area contributed by atoms with Gasteiger partial charge in [0.25, 0.3) is 0 Å². The summed E-state index contributed by atoms with van der Waals surface area (Å²) in [5.41, 5.74) is 1.76. The van der Waals surface area contributed by atoms with Crippen LogP contribution in [0, 0.1) is 0 Å². The highest BCUT2D eigenvalue weighted by molar-refractivity contribution is 8.14. The van der Waals surface area contributed by atoms with Crippen molar-refractivity contribution < 1.29 is 0 Å². The highest BCUT2D eigenvalue weighted by Gasteiger charge is 2.39. The lowest BCUT2D eigenvalue weighted by Crippen LogP contribution is -2.40. The Kier molecular flexibility index (Phi) is 3.83. The Hall–Kier alpha value is -0.960. The number of rotatable bonds is 3. The van der Waals surface area contributed by atoms with Crippen LogP contribution in [0.5, 0.6) is 0 Å². The molecule has 2 nitrogen and oxygen atoms in total. The zero-order valence-electron chi connectivity index (χ0n) is 11.6. The maximum Gasteiger partial charge on any atom is 0.157 e. The monoisotopic (exact) mass is 274 g/mol. The minimum atomic E-state index is 0.356. The van der Waals surface area contributed by atoms with E-state index in [1.165, 1.54) is 42.2 Å². The van der Waals surface area contributed by atoms with Gasteiger partial charge in [0.05, 0.1) is 6.04 Å². The molecule has 1 aliphatic heterocycles. The summed E-state index contributed by atoms with van der Waals surface area (Å²) < 4.78 is 0. The second kappa shape index (κ2) is 5.58. The van der Waals surface area contributed by atoms with Gasteiger partial charge in [0.1, 0.15) is 0 Å². The second-order valence-corrected chi connectivity index (χ2v) is 6.84. The van der Waals surface area contributed by atoms with E-state index in [4.69, 9.17) is 4.99 Å². The Balaban J connectivity index is 1.60. The third-order valence-corrected chi connectivity index (χ3v) is 5.31. The number of aliphatic imine (C=N–C) groups is 1.